The van der Waals surface area contributed by atoms with Crippen molar-refractivity contribution in [3.63, 3.8) is 0 Å². The van der Waals surface area contributed by atoms with E-state index >= 15 is 0 Å². The second-order valence-corrected chi connectivity index (χ2v) is 11.5. The smallest absolute Gasteiger partial charge is 0.237 e. The average Bonchev–Trinajstić information content (AvgIpc) is 3.36. The van der Waals surface area contributed by atoms with Gasteiger partial charge in [-0.2, -0.15) is 0 Å². The summed E-state index contributed by atoms with van der Waals surface area (Å²) in [6.07, 6.45) is 3.64. The first-order valence-corrected chi connectivity index (χ1v) is 13.5. The predicted molar refractivity (Wildman–Crippen MR) is 137 cm³/mol. The number of carbonyl (C=O) groups is 3. The molecule has 1 aliphatic heterocycles. The molecule has 3 aromatic rings. The zero-order valence-electron chi connectivity index (χ0n) is 19.2. The Balaban J connectivity index is 1.25. The fourth-order valence-corrected chi connectivity index (χ4v) is 6.69. The molecule has 1 saturated carbocycles. The second-order valence-electron chi connectivity index (χ2n) is 9.25. The third-order valence-corrected chi connectivity index (χ3v) is 8.80. The Kier molecular flexibility index (Phi) is 6.44. The highest BCUT2D eigenvalue weighted by Crippen LogP contribution is 2.41. The number of aromatic nitrogens is 1. The molecule has 8 heteroatoms. The molecule has 3 amide bonds. The Morgan fingerprint density at radius 2 is 1.76 bits per heavy atom. The van der Waals surface area contributed by atoms with Crippen LogP contribution >= 0.6 is 23.1 Å². The molecule has 1 saturated heterocycles. The van der Waals surface area contributed by atoms with Crippen molar-refractivity contribution in [3.8, 4) is 0 Å². The Bertz CT molecular complexity index is 1230. The van der Waals surface area contributed by atoms with Crippen LogP contribution in [0.15, 0.2) is 46.8 Å². The number of nitrogens with zero attached hydrogens (tertiary/aromatic N) is 2. The number of benzene rings is 2. The van der Waals surface area contributed by atoms with Gasteiger partial charge in [0, 0.05) is 5.69 Å². The van der Waals surface area contributed by atoms with E-state index < -0.39 is 0 Å². The average molecular weight is 494 g/mol. The highest BCUT2D eigenvalue weighted by molar-refractivity contribution is 8.01. The largest absolute Gasteiger partial charge is 0.325 e. The number of anilines is 2. The van der Waals surface area contributed by atoms with Gasteiger partial charge in [0.05, 0.1) is 33.5 Å². The molecule has 2 unspecified atom stereocenters. The molecule has 176 valence electrons. The van der Waals surface area contributed by atoms with Gasteiger partial charge in [0.2, 0.25) is 17.7 Å². The maximum absolute atomic E-state index is 12.9. The molecule has 6 nitrogen and oxygen atoms in total. The molecule has 34 heavy (non-hydrogen) atoms. The number of thiazole rings is 1. The molecule has 2 aromatic carbocycles. The SMILES string of the molecule is CC(C)c1ccc(NC(=O)CSc2nc3ccc(N4C(=O)C5CCCCC5C4=O)cc3s2)cc1. The standard InChI is InChI=1S/C26H27N3O3S2/c1-15(2)16-7-9-17(10-8-16)27-23(30)14-33-26-28-21-12-11-18(13-22(21)34-26)29-24(31)19-5-3-4-6-20(19)25(29)32/h7-13,15,19-20H,3-6,14H2,1-2H3,(H,27,30). The minimum absolute atomic E-state index is 0.0636. The van der Waals surface area contributed by atoms with Crippen molar-refractivity contribution in [3.05, 3.63) is 48.0 Å². The van der Waals surface area contributed by atoms with Gasteiger partial charge in [0.1, 0.15) is 0 Å². The van der Waals surface area contributed by atoms with Crippen LogP contribution in [0.1, 0.15) is 51.0 Å². The monoisotopic (exact) mass is 493 g/mol. The summed E-state index contributed by atoms with van der Waals surface area (Å²) in [6, 6.07) is 13.4. The third kappa shape index (κ3) is 4.49. The number of hydrogen-bond donors (Lipinski definition) is 1. The van der Waals surface area contributed by atoms with E-state index in [-0.39, 0.29) is 35.3 Å². The maximum atomic E-state index is 12.9. The van der Waals surface area contributed by atoms with Crippen molar-refractivity contribution >= 4 is 62.4 Å². The minimum atomic E-state index is -0.162. The molecule has 1 aliphatic carbocycles. The number of carbonyl (C=O) groups excluding carboxylic acids is 3. The van der Waals surface area contributed by atoms with Gasteiger partial charge < -0.3 is 5.32 Å². The molecule has 2 atom stereocenters. The molecule has 2 aliphatic rings. The predicted octanol–water partition coefficient (Wildman–Crippen LogP) is 5.83. The molecule has 5 rings (SSSR count). The fraction of sp³-hybridized carbons (Fsp3) is 0.385. The van der Waals surface area contributed by atoms with E-state index in [9.17, 15) is 14.4 Å². The van der Waals surface area contributed by atoms with Gasteiger partial charge in [-0.1, -0.05) is 50.6 Å². The number of hydrogen-bond acceptors (Lipinski definition) is 6. The van der Waals surface area contributed by atoms with E-state index in [1.165, 1.54) is 33.6 Å². The van der Waals surface area contributed by atoms with Gasteiger partial charge >= 0.3 is 0 Å². The summed E-state index contributed by atoms with van der Waals surface area (Å²) in [6.45, 7) is 4.27. The van der Waals surface area contributed by atoms with Crippen LogP contribution in [-0.2, 0) is 14.4 Å². The number of amides is 3. The summed E-state index contributed by atoms with van der Waals surface area (Å²) in [7, 11) is 0. The van der Waals surface area contributed by atoms with Gasteiger partial charge in [-0.05, 0) is 54.7 Å². The van der Waals surface area contributed by atoms with Gasteiger partial charge in [0.15, 0.2) is 4.34 Å². The Labute approximate surface area is 207 Å². The third-order valence-electron chi connectivity index (χ3n) is 6.64. The number of imide groups is 1. The van der Waals surface area contributed by atoms with Crippen molar-refractivity contribution < 1.29 is 14.4 Å². The van der Waals surface area contributed by atoms with E-state index in [0.29, 0.717) is 11.6 Å². The summed E-state index contributed by atoms with van der Waals surface area (Å²) in [5, 5.41) is 2.93. The number of nitrogens with one attached hydrogen (secondary N) is 1. The summed E-state index contributed by atoms with van der Waals surface area (Å²) in [5.74, 6) is 0.168. The van der Waals surface area contributed by atoms with E-state index in [1.807, 2.05) is 36.4 Å². The lowest BCUT2D eigenvalue weighted by atomic mass is 9.81. The summed E-state index contributed by atoms with van der Waals surface area (Å²) < 4.78 is 1.69. The van der Waals surface area contributed by atoms with Crippen molar-refractivity contribution in [2.24, 2.45) is 11.8 Å². The highest BCUT2D eigenvalue weighted by Gasteiger charge is 2.48. The lowest BCUT2D eigenvalue weighted by molar-refractivity contribution is -0.122. The quantitative estimate of drug-likeness (QED) is 0.345. The highest BCUT2D eigenvalue weighted by atomic mass is 32.2. The normalized spacial score (nSPS) is 20.3. The maximum Gasteiger partial charge on any atom is 0.237 e. The van der Waals surface area contributed by atoms with Crippen molar-refractivity contribution in [2.45, 2.75) is 49.8 Å². The zero-order chi connectivity index (χ0) is 23.8. The Morgan fingerprint density at radius 1 is 1.09 bits per heavy atom. The van der Waals surface area contributed by atoms with Crippen LogP contribution in [0, 0.1) is 11.8 Å². The van der Waals surface area contributed by atoms with Crippen LogP contribution < -0.4 is 10.2 Å². The molecule has 0 bridgehead atoms. The molecular formula is C26H27N3O3S2. The molecule has 0 radical (unpaired) electrons. The van der Waals surface area contributed by atoms with E-state index in [4.69, 9.17) is 0 Å². The van der Waals surface area contributed by atoms with Crippen LogP contribution in [0.5, 0.6) is 0 Å². The fourth-order valence-electron chi connectivity index (χ4n) is 4.79. The van der Waals surface area contributed by atoms with Gasteiger partial charge in [-0.3, -0.25) is 19.3 Å². The van der Waals surface area contributed by atoms with Crippen LogP contribution in [0.3, 0.4) is 0 Å². The van der Waals surface area contributed by atoms with Gasteiger partial charge in [0.25, 0.3) is 0 Å². The molecule has 1 aromatic heterocycles. The summed E-state index contributed by atoms with van der Waals surface area (Å²) in [5.41, 5.74) is 3.44. The lowest BCUT2D eigenvalue weighted by Crippen LogP contribution is -2.30. The molecule has 2 fully saturated rings. The van der Waals surface area contributed by atoms with Crippen molar-refractivity contribution in [1.29, 1.82) is 0 Å². The summed E-state index contributed by atoms with van der Waals surface area (Å²) >= 11 is 2.86. The zero-order valence-corrected chi connectivity index (χ0v) is 20.9. The second kappa shape index (κ2) is 9.50. The first kappa shape index (κ1) is 23.1. The number of rotatable bonds is 6. The Hall–Kier alpha value is -2.71. The van der Waals surface area contributed by atoms with Crippen LogP contribution in [0.2, 0.25) is 0 Å². The molecule has 1 N–H and O–H groups in total. The van der Waals surface area contributed by atoms with Crippen LogP contribution in [-0.4, -0.2) is 28.5 Å². The van der Waals surface area contributed by atoms with E-state index in [2.05, 4.69) is 24.1 Å². The summed E-state index contributed by atoms with van der Waals surface area (Å²) in [4.78, 5) is 44.2. The number of fused-ring (bicyclic) bond motifs is 2. The van der Waals surface area contributed by atoms with E-state index in [1.54, 1.807) is 6.07 Å². The molecule has 0 spiro atoms. The van der Waals surface area contributed by atoms with Crippen molar-refractivity contribution in [1.82, 2.24) is 4.98 Å². The molecular weight excluding hydrogens is 466 g/mol. The first-order chi connectivity index (χ1) is 16.4. The minimum Gasteiger partial charge on any atom is -0.325 e. The first-order valence-electron chi connectivity index (χ1n) is 11.7. The van der Waals surface area contributed by atoms with Crippen molar-refractivity contribution in [2.75, 3.05) is 16.0 Å². The Morgan fingerprint density at radius 3 is 2.41 bits per heavy atom. The molecule has 2 heterocycles. The van der Waals surface area contributed by atoms with Gasteiger partial charge in [-0.25, -0.2) is 4.98 Å². The lowest BCUT2D eigenvalue weighted by Gasteiger charge is -2.19. The van der Waals surface area contributed by atoms with E-state index in [0.717, 1.165) is 45.9 Å². The van der Waals surface area contributed by atoms with Crippen LogP contribution in [0.4, 0.5) is 11.4 Å². The van der Waals surface area contributed by atoms with Gasteiger partial charge in [-0.15, -0.1) is 11.3 Å². The number of thioether (sulfide) groups is 1. The van der Waals surface area contributed by atoms with Crippen LogP contribution in [0.25, 0.3) is 10.2 Å². The topological polar surface area (TPSA) is 79.4 Å².